The van der Waals surface area contributed by atoms with Gasteiger partial charge in [0.2, 0.25) is 5.91 Å². The first kappa shape index (κ1) is 15.5. The maximum absolute atomic E-state index is 13.9. The Morgan fingerprint density at radius 3 is 2.79 bits per heavy atom. The minimum Gasteiger partial charge on any atom is -0.481 e. The Morgan fingerprint density at radius 2 is 2.08 bits per heavy atom. The number of nitrogens with zero attached hydrogens (tertiary/aromatic N) is 1. The highest BCUT2D eigenvalue weighted by Gasteiger charge is 2.58. The van der Waals surface area contributed by atoms with E-state index >= 15 is 0 Å². The van der Waals surface area contributed by atoms with Gasteiger partial charge in [0.25, 0.3) is 0 Å². The lowest BCUT2D eigenvalue weighted by atomic mass is 9.81. The van der Waals surface area contributed by atoms with E-state index in [-0.39, 0.29) is 35.8 Å². The topological polar surface area (TPSA) is 57.6 Å². The van der Waals surface area contributed by atoms with Gasteiger partial charge in [-0.05, 0) is 54.9 Å². The number of carbonyl (C=O) groups is 2. The number of halogens is 2. The van der Waals surface area contributed by atoms with Gasteiger partial charge in [-0.1, -0.05) is 6.42 Å². The third-order valence-corrected chi connectivity index (χ3v) is 6.07. The molecule has 2 saturated carbocycles. The van der Waals surface area contributed by atoms with Gasteiger partial charge in [-0.25, -0.2) is 8.78 Å². The molecule has 2 aliphatic carbocycles. The number of likely N-dealkylation sites (tertiary alicyclic amines) is 1. The summed E-state index contributed by atoms with van der Waals surface area (Å²) in [6.07, 6.45) is 2.84. The molecule has 128 valence electrons. The van der Waals surface area contributed by atoms with Crippen LogP contribution in [0.4, 0.5) is 8.78 Å². The zero-order valence-electron chi connectivity index (χ0n) is 13.2. The molecule has 4 rings (SSSR count). The van der Waals surface area contributed by atoms with Crippen molar-refractivity contribution < 1.29 is 23.5 Å². The number of hydrogen-bond donors (Lipinski definition) is 1. The second-order valence-corrected chi connectivity index (χ2v) is 7.38. The van der Waals surface area contributed by atoms with Gasteiger partial charge in [-0.15, -0.1) is 0 Å². The van der Waals surface area contributed by atoms with E-state index in [1.165, 1.54) is 0 Å². The largest absolute Gasteiger partial charge is 0.481 e. The quantitative estimate of drug-likeness (QED) is 0.924. The summed E-state index contributed by atoms with van der Waals surface area (Å²) >= 11 is 0. The van der Waals surface area contributed by atoms with E-state index in [0.29, 0.717) is 19.4 Å². The molecular formula is C18H19F2NO3. The average Bonchev–Trinajstić information content (AvgIpc) is 3.07. The molecule has 1 saturated heterocycles. The van der Waals surface area contributed by atoms with Crippen molar-refractivity contribution in [1.82, 2.24) is 4.90 Å². The van der Waals surface area contributed by atoms with E-state index in [0.717, 1.165) is 31.0 Å². The number of amides is 1. The number of carbonyl (C=O) groups excluding carboxylic acids is 1. The molecule has 1 aromatic rings. The fraction of sp³-hybridized carbons (Fsp3) is 0.556. The van der Waals surface area contributed by atoms with Crippen LogP contribution in [0, 0.1) is 28.9 Å². The van der Waals surface area contributed by atoms with Crippen molar-refractivity contribution in [2.45, 2.75) is 31.6 Å². The number of fused-ring (bicyclic) bond motifs is 1. The smallest absolute Gasteiger partial charge is 0.311 e. The van der Waals surface area contributed by atoms with Gasteiger partial charge >= 0.3 is 5.97 Å². The summed E-state index contributed by atoms with van der Waals surface area (Å²) < 4.78 is 27.2. The number of carboxylic acids is 1. The van der Waals surface area contributed by atoms with Crippen LogP contribution < -0.4 is 0 Å². The second kappa shape index (κ2) is 5.26. The van der Waals surface area contributed by atoms with Gasteiger partial charge in [0.15, 0.2) is 0 Å². The Hall–Kier alpha value is -1.98. The molecule has 0 bridgehead atoms. The van der Waals surface area contributed by atoms with E-state index in [1.807, 2.05) is 0 Å². The first-order valence-electron chi connectivity index (χ1n) is 8.39. The van der Waals surface area contributed by atoms with Crippen LogP contribution in [0.5, 0.6) is 0 Å². The van der Waals surface area contributed by atoms with E-state index in [1.54, 1.807) is 4.90 Å². The summed E-state index contributed by atoms with van der Waals surface area (Å²) in [4.78, 5) is 26.0. The molecule has 2 unspecified atom stereocenters. The summed E-state index contributed by atoms with van der Waals surface area (Å²) in [7, 11) is 0. The Labute approximate surface area is 138 Å². The molecule has 1 amide bonds. The van der Waals surface area contributed by atoms with Crippen molar-refractivity contribution in [2.24, 2.45) is 17.3 Å². The predicted octanol–water partition coefficient (Wildman–Crippen LogP) is 2.78. The Bertz CT molecular complexity index is 722. The SMILES string of the molecule is O=C(C1CC1c1cc(F)ccc1F)N1C[C@@H]2CCC[C@@]2(C(=O)O)C1. The molecule has 4 atom stereocenters. The van der Waals surface area contributed by atoms with Gasteiger partial charge < -0.3 is 10.0 Å². The highest BCUT2D eigenvalue weighted by molar-refractivity contribution is 5.85. The molecule has 1 heterocycles. The summed E-state index contributed by atoms with van der Waals surface area (Å²) in [6, 6.07) is 3.31. The molecule has 1 aliphatic heterocycles. The molecule has 3 fully saturated rings. The highest BCUT2D eigenvalue weighted by Crippen LogP contribution is 2.53. The lowest BCUT2D eigenvalue weighted by Gasteiger charge is -2.23. The molecule has 4 nitrogen and oxygen atoms in total. The van der Waals surface area contributed by atoms with Crippen LogP contribution in [-0.4, -0.2) is 35.0 Å². The van der Waals surface area contributed by atoms with E-state index in [4.69, 9.17) is 0 Å². The van der Waals surface area contributed by atoms with Crippen LogP contribution in [0.3, 0.4) is 0 Å². The van der Waals surface area contributed by atoms with Gasteiger partial charge in [-0.3, -0.25) is 9.59 Å². The molecule has 24 heavy (non-hydrogen) atoms. The zero-order chi connectivity index (χ0) is 17.1. The number of rotatable bonds is 3. The first-order valence-corrected chi connectivity index (χ1v) is 8.39. The van der Waals surface area contributed by atoms with Crippen LogP contribution in [0.2, 0.25) is 0 Å². The molecule has 0 radical (unpaired) electrons. The van der Waals surface area contributed by atoms with Gasteiger partial charge in [0, 0.05) is 19.0 Å². The summed E-state index contributed by atoms with van der Waals surface area (Å²) in [5.41, 5.74) is -0.551. The molecule has 1 N–H and O–H groups in total. The van der Waals surface area contributed by atoms with Crippen LogP contribution >= 0.6 is 0 Å². The summed E-state index contributed by atoms with van der Waals surface area (Å²) in [5.74, 6) is -2.56. The third-order valence-electron chi connectivity index (χ3n) is 6.07. The van der Waals surface area contributed by atoms with E-state index in [9.17, 15) is 23.5 Å². The summed E-state index contributed by atoms with van der Waals surface area (Å²) in [6.45, 7) is 0.723. The number of carboxylic acid groups (broad SMARTS) is 1. The number of aliphatic carboxylic acids is 1. The first-order chi connectivity index (χ1) is 11.4. The lowest BCUT2D eigenvalue weighted by Crippen LogP contribution is -2.37. The van der Waals surface area contributed by atoms with Gasteiger partial charge in [0.05, 0.1) is 5.41 Å². The minimum absolute atomic E-state index is 0.0158. The minimum atomic E-state index is -0.816. The van der Waals surface area contributed by atoms with Crippen molar-refractivity contribution in [1.29, 1.82) is 0 Å². The standard InChI is InChI=1S/C18H19F2NO3/c19-11-3-4-15(20)13(6-11)12-7-14(12)16(22)21-8-10-2-1-5-18(10,9-21)17(23)24/h3-4,6,10,12,14H,1-2,5,7-9H2,(H,23,24)/t10-,12?,14?,18+/m0/s1. The van der Waals surface area contributed by atoms with Crippen molar-refractivity contribution in [3.63, 3.8) is 0 Å². The molecule has 0 spiro atoms. The monoisotopic (exact) mass is 335 g/mol. The normalized spacial score (nSPS) is 34.2. The predicted molar refractivity (Wildman–Crippen MR) is 81.2 cm³/mol. The van der Waals surface area contributed by atoms with Crippen LogP contribution in [0.1, 0.15) is 37.2 Å². The zero-order valence-corrected chi connectivity index (χ0v) is 13.2. The van der Waals surface area contributed by atoms with Crippen LogP contribution in [0.25, 0.3) is 0 Å². The Morgan fingerprint density at radius 1 is 1.29 bits per heavy atom. The average molecular weight is 335 g/mol. The number of hydrogen-bond acceptors (Lipinski definition) is 2. The van der Waals surface area contributed by atoms with Gasteiger partial charge in [0.1, 0.15) is 11.6 Å². The third kappa shape index (κ3) is 2.23. The Balaban J connectivity index is 1.49. The second-order valence-electron chi connectivity index (χ2n) is 7.38. The number of benzene rings is 1. The van der Waals surface area contributed by atoms with Crippen molar-refractivity contribution in [3.8, 4) is 0 Å². The molecular weight excluding hydrogens is 316 g/mol. The highest BCUT2D eigenvalue weighted by atomic mass is 19.1. The molecule has 0 aromatic heterocycles. The molecule has 1 aromatic carbocycles. The molecule has 6 heteroatoms. The molecule has 3 aliphatic rings. The Kier molecular flexibility index (Phi) is 3.41. The van der Waals surface area contributed by atoms with Crippen molar-refractivity contribution in [2.75, 3.05) is 13.1 Å². The van der Waals surface area contributed by atoms with E-state index < -0.39 is 23.0 Å². The fourth-order valence-electron chi connectivity index (χ4n) is 4.65. The fourth-order valence-corrected chi connectivity index (χ4v) is 4.65. The van der Waals surface area contributed by atoms with Crippen molar-refractivity contribution in [3.05, 3.63) is 35.4 Å². The van der Waals surface area contributed by atoms with E-state index in [2.05, 4.69) is 0 Å². The maximum Gasteiger partial charge on any atom is 0.311 e. The van der Waals surface area contributed by atoms with Gasteiger partial charge in [-0.2, -0.15) is 0 Å². The lowest BCUT2D eigenvalue weighted by molar-refractivity contribution is -0.149. The maximum atomic E-state index is 13.9. The van der Waals surface area contributed by atoms with Crippen LogP contribution in [0.15, 0.2) is 18.2 Å². The summed E-state index contributed by atoms with van der Waals surface area (Å²) in [5, 5.41) is 9.60. The van der Waals surface area contributed by atoms with Crippen LogP contribution in [-0.2, 0) is 9.59 Å². The van der Waals surface area contributed by atoms with Crippen molar-refractivity contribution >= 4 is 11.9 Å².